The summed E-state index contributed by atoms with van der Waals surface area (Å²) in [5, 5.41) is 6.13. The number of nitrogens with zero attached hydrogens (tertiary/aromatic N) is 2. The average Bonchev–Trinajstić information content (AvgIpc) is 3.18. The minimum Gasteiger partial charge on any atom is -0.410 e. The first-order chi connectivity index (χ1) is 19.4. The van der Waals surface area contributed by atoms with Crippen molar-refractivity contribution in [3.63, 3.8) is 0 Å². The second-order valence-electron chi connectivity index (χ2n) is 10.2. The molecule has 2 aliphatic rings. The van der Waals surface area contributed by atoms with Crippen LogP contribution in [-0.4, -0.2) is 59.5 Å². The van der Waals surface area contributed by atoms with Gasteiger partial charge in [-0.3, -0.25) is 24.1 Å². The molecule has 0 radical (unpaired) electrons. The van der Waals surface area contributed by atoms with E-state index in [-0.39, 0.29) is 36.5 Å². The second kappa shape index (κ2) is 12.4. The number of Topliss-reactive ketones (excluding diaryl/α,β-unsaturated/α-hetero) is 1. The molecule has 0 aromatic heterocycles. The molecule has 2 aromatic carbocycles. The number of aryl methyl sites for hydroxylation is 2. The number of hydrogen-bond donors (Lipinski definition) is 2. The first-order valence-corrected chi connectivity index (χ1v) is 13.4. The maximum atomic E-state index is 13.1. The van der Waals surface area contributed by atoms with Crippen LogP contribution in [0.15, 0.2) is 60.4 Å². The Hall–Kier alpha value is -4.44. The molecular formula is C30H31ClN4O6. The smallest absolute Gasteiger partial charge is 0.410 e. The zero-order chi connectivity index (χ0) is 29.8. The minimum absolute atomic E-state index is 0.00325. The summed E-state index contributed by atoms with van der Waals surface area (Å²) in [6, 6.07) is 9.38. The number of ketones is 1. The summed E-state index contributed by atoms with van der Waals surface area (Å²) >= 11 is 6.19. The predicted molar refractivity (Wildman–Crippen MR) is 153 cm³/mol. The number of piperidine rings is 1. The first-order valence-electron chi connectivity index (χ1n) is 13.1. The highest BCUT2D eigenvalue weighted by Gasteiger charge is 2.41. The number of benzene rings is 2. The van der Waals surface area contributed by atoms with Crippen LogP contribution in [-0.2, 0) is 32.0 Å². The Labute approximate surface area is 243 Å². The molecule has 2 heterocycles. The summed E-state index contributed by atoms with van der Waals surface area (Å²) < 4.78 is 5.50. The second-order valence-corrected chi connectivity index (χ2v) is 10.6. The minimum atomic E-state index is -0.922. The fourth-order valence-electron chi connectivity index (χ4n) is 4.51. The zero-order valence-electron chi connectivity index (χ0n) is 23.1. The Bertz CT molecular complexity index is 1480. The first kappa shape index (κ1) is 29.5. The van der Waals surface area contributed by atoms with Gasteiger partial charge in [0, 0.05) is 49.4 Å². The van der Waals surface area contributed by atoms with E-state index in [4.69, 9.17) is 16.3 Å². The van der Waals surface area contributed by atoms with E-state index in [0.29, 0.717) is 34.8 Å². The van der Waals surface area contributed by atoms with Gasteiger partial charge in [0.25, 0.3) is 11.8 Å². The third-order valence-corrected chi connectivity index (χ3v) is 7.21. The Morgan fingerprint density at radius 3 is 2.61 bits per heavy atom. The molecule has 1 saturated heterocycles. The number of carbonyl (C=O) groups is 5. The van der Waals surface area contributed by atoms with Crippen LogP contribution in [0.25, 0.3) is 0 Å². The van der Waals surface area contributed by atoms with Crippen LogP contribution in [0, 0.1) is 6.92 Å². The van der Waals surface area contributed by atoms with E-state index < -0.39 is 29.9 Å². The van der Waals surface area contributed by atoms with E-state index in [9.17, 15) is 24.0 Å². The van der Waals surface area contributed by atoms with Crippen LogP contribution in [0.5, 0.6) is 5.75 Å². The van der Waals surface area contributed by atoms with E-state index in [0.717, 1.165) is 22.1 Å². The molecular weight excluding hydrogens is 548 g/mol. The largest absolute Gasteiger partial charge is 0.414 e. The van der Waals surface area contributed by atoms with Crippen molar-refractivity contribution in [1.29, 1.82) is 0 Å². The number of carbonyl (C=O) groups excluding carboxylic acids is 5. The van der Waals surface area contributed by atoms with Gasteiger partial charge in [-0.1, -0.05) is 30.3 Å². The molecule has 4 amide bonds. The summed E-state index contributed by atoms with van der Waals surface area (Å²) in [5.41, 5.74) is 3.27. The van der Waals surface area contributed by atoms with Crippen molar-refractivity contribution in [2.24, 2.45) is 0 Å². The zero-order valence-corrected chi connectivity index (χ0v) is 23.8. The summed E-state index contributed by atoms with van der Waals surface area (Å²) in [4.78, 5) is 65.4. The highest BCUT2D eigenvalue weighted by molar-refractivity contribution is 6.31. The van der Waals surface area contributed by atoms with Gasteiger partial charge in [0.05, 0.1) is 0 Å². The van der Waals surface area contributed by atoms with Crippen LogP contribution in [0.3, 0.4) is 0 Å². The van der Waals surface area contributed by atoms with Crippen LogP contribution in [0.4, 0.5) is 10.5 Å². The topological polar surface area (TPSA) is 125 Å². The van der Waals surface area contributed by atoms with E-state index in [1.54, 1.807) is 38.4 Å². The van der Waals surface area contributed by atoms with E-state index in [1.165, 1.54) is 4.90 Å². The predicted octanol–water partition coefficient (Wildman–Crippen LogP) is 3.91. The summed E-state index contributed by atoms with van der Waals surface area (Å²) in [6.45, 7) is 5.61. The lowest BCUT2D eigenvalue weighted by molar-refractivity contribution is -0.146. The number of amides is 4. The van der Waals surface area contributed by atoms with Gasteiger partial charge < -0.3 is 20.3 Å². The number of ether oxygens (including phenoxy) is 1. The van der Waals surface area contributed by atoms with Crippen molar-refractivity contribution in [2.45, 2.75) is 45.1 Å². The highest BCUT2D eigenvalue weighted by atomic mass is 35.5. The number of allylic oxidation sites excluding steroid dienone is 1. The normalized spacial score (nSPS) is 16.8. The number of nitrogens with one attached hydrogen (secondary N) is 2. The third kappa shape index (κ3) is 7.01. The molecule has 0 spiro atoms. The van der Waals surface area contributed by atoms with Crippen LogP contribution >= 0.6 is 11.6 Å². The number of rotatable bonds is 9. The van der Waals surface area contributed by atoms with Gasteiger partial charge in [-0.05, 0) is 67.1 Å². The molecule has 10 nitrogen and oxygen atoms in total. The average molecular weight is 579 g/mol. The SMILES string of the molecule is C=C1CCC(N2C(=O)C=C(Nc3ccc(OC(=O)N(C)C)c(CCC(=O)Cc4ccc(C)c(Cl)c4)c3)C2=O)C(=O)N1. The molecule has 2 aromatic rings. The van der Waals surface area contributed by atoms with Crippen LogP contribution in [0.1, 0.15) is 36.0 Å². The summed E-state index contributed by atoms with van der Waals surface area (Å²) in [5.74, 6) is -1.44. The van der Waals surface area contributed by atoms with E-state index in [1.807, 2.05) is 19.1 Å². The van der Waals surface area contributed by atoms with Crippen molar-refractivity contribution in [1.82, 2.24) is 15.1 Å². The number of hydrogen-bond acceptors (Lipinski definition) is 7. The quantitative estimate of drug-likeness (QED) is 0.432. The lowest BCUT2D eigenvalue weighted by Crippen LogP contribution is -2.52. The molecule has 214 valence electrons. The van der Waals surface area contributed by atoms with Crippen molar-refractivity contribution in [3.8, 4) is 5.75 Å². The van der Waals surface area contributed by atoms with Gasteiger partial charge in [-0.2, -0.15) is 0 Å². The van der Waals surface area contributed by atoms with Crippen molar-refractivity contribution < 1.29 is 28.7 Å². The monoisotopic (exact) mass is 578 g/mol. The van der Waals surface area contributed by atoms with Gasteiger partial charge in [0.1, 0.15) is 23.3 Å². The van der Waals surface area contributed by atoms with Gasteiger partial charge in [-0.25, -0.2) is 4.79 Å². The van der Waals surface area contributed by atoms with Crippen LogP contribution in [0.2, 0.25) is 5.02 Å². The van der Waals surface area contributed by atoms with Crippen molar-refractivity contribution in [3.05, 3.63) is 82.2 Å². The molecule has 1 atom stereocenters. The molecule has 41 heavy (non-hydrogen) atoms. The van der Waals surface area contributed by atoms with Gasteiger partial charge in [-0.15, -0.1) is 0 Å². The molecule has 11 heteroatoms. The van der Waals surface area contributed by atoms with E-state index >= 15 is 0 Å². The standard InChI is InChI=1S/C30H31ClN4O6/c1-17-5-7-19(14-23(17)31)13-22(36)10-8-20-15-21(9-12-26(20)41-30(40)34(3)4)33-24-16-27(37)35(29(24)39)25-11-6-18(2)32-28(25)38/h5,7,9,12,14-16,25,33H,2,6,8,10-11,13H2,1,3-4H3,(H,32,38). The summed E-state index contributed by atoms with van der Waals surface area (Å²) in [6.07, 6.45) is 1.94. The molecule has 0 saturated carbocycles. The Morgan fingerprint density at radius 2 is 1.93 bits per heavy atom. The third-order valence-electron chi connectivity index (χ3n) is 6.80. The number of halogens is 1. The molecule has 2 N–H and O–H groups in total. The van der Waals surface area contributed by atoms with Crippen molar-refractivity contribution >= 4 is 46.9 Å². The lowest BCUT2D eigenvalue weighted by Gasteiger charge is -2.29. The number of imide groups is 1. The molecule has 0 aliphatic carbocycles. The summed E-state index contributed by atoms with van der Waals surface area (Å²) in [7, 11) is 3.11. The fourth-order valence-corrected chi connectivity index (χ4v) is 4.71. The van der Waals surface area contributed by atoms with Gasteiger partial charge in [0.15, 0.2) is 0 Å². The number of anilines is 1. The Morgan fingerprint density at radius 1 is 1.17 bits per heavy atom. The maximum Gasteiger partial charge on any atom is 0.414 e. The van der Waals surface area contributed by atoms with E-state index in [2.05, 4.69) is 17.2 Å². The van der Waals surface area contributed by atoms with Gasteiger partial charge in [0.2, 0.25) is 5.91 Å². The van der Waals surface area contributed by atoms with Crippen molar-refractivity contribution in [2.75, 3.05) is 19.4 Å². The Balaban J connectivity index is 1.49. The maximum absolute atomic E-state index is 13.1. The molecule has 0 bridgehead atoms. The fraction of sp³-hybridized carbons (Fsp3) is 0.300. The molecule has 4 rings (SSSR count). The lowest BCUT2D eigenvalue weighted by atomic mass is 10.0. The van der Waals surface area contributed by atoms with Gasteiger partial charge >= 0.3 is 6.09 Å². The molecule has 1 unspecified atom stereocenters. The highest BCUT2D eigenvalue weighted by Crippen LogP contribution is 2.29. The Kier molecular flexibility index (Phi) is 8.92. The molecule has 1 fully saturated rings. The van der Waals surface area contributed by atoms with Crippen LogP contribution < -0.4 is 15.4 Å². The molecule has 2 aliphatic heterocycles.